The van der Waals surface area contributed by atoms with Gasteiger partial charge in [0.15, 0.2) is 0 Å². The Morgan fingerprint density at radius 2 is 2.15 bits per heavy atom. The molecule has 0 bridgehead atoms. The van der Waals surface area contributed by atoms with Crippen LogP contribution in [0.2, 0.25) is 0 Å². The predicted octanol–water partition coefficient (Wildman–Crippen LogP) is 4.22. The number of pyridine rings is 1. The molecule has 0 saturated carbocycles. The summed E-state index contributed by atoms with van der Waals surface area (Å²) >= 11 is 3.15. The van der Waals surface area contributed by atoms with E-state index in [1.807, 2.05) is 18.3 Å². The standard InChI is InChI=1S/C14H10BrF2N3/c15-11-4-9(16)5-12(17)13(11)19-6-8-7-20-14-10(8)2-1-3-18-14/h1-5,7,19H,6H2,(H,18,20). The monoisotopic (exact) mass is 337 g/mol. The Morgan fingerprint density at radius 1 is 1.30 bits per heavy atom. The van der Waals surface area contributed by atoms with Gasteiger partial charge in [0.1, 0.15) is 17.3 Å². The zero-order valence-electron chi connectivity index (χ0n) is 10.3. The van der Waals surface area contributed by atoms with Crippen LogP contribution >= 0.6 is 15.9 Å². The van der Waals surface area contributed by atoms with E-state index in [1.54, 1.807) is 6.20 Å². The largest absolute Gasteiger partial charge is 0.378 e. The summed E-state index contributed by atoms with van der Waals surface area (Å²) in [6.45, 7) is 0.410. The molecule has 2 aromatic heterocycles. The summed E-state index contributed by atoms with van der Waals surface area (Å²) in [6, 6.07) is 5.85. The van der Waals surface area contributed by atoms with Crippen molar-refractivity contribution in [3.8, 4) is 0 Å². The highest BCUT2D eigenvalue weighted by Gasteiger charge is 2.10. The molecule has 3 aromatic rings. The third-order valence-electron chi connectivity index (χ3n) is 3.00. The van der Waals surface area contributed by atoms with Gasteiger partial charge in [0, 0.05) is 34.9 Å². The van der Waals surface area contributed by atoms with Gasteiger partial charge in [-0.3, -0.25) is 0 Å². The van der Waals surface area contributed by atoms with Crippen molar-refractivity contribution in [1.29, 1.82) is 0 Å². The van der Waals surface area contributed by atoms with Crippen LogP contribution < -0.4 is 5.32 Å². The molecule has 0 amide bonds. The van der Waals surface area contributed by atoms with Crippen LogP contribution in [0.3, 0.4) is 0 Å². The van der Waals surface area contributed by atoms with Crippen LogP contribution in [0.4, 0.5) is 14.5 Å². The first kappa shape index (κ1) is 13.1. The van der Waals surface area contributed by atoms with Crippen LogP contribution in [0.25, 0.3) is 11.0 Å². The molecule has 0 saturated heterocycles. The number of H-pyrrole nitrogens is 1. The van der Waals surface area contributed by atoms with Crippen molar-refractivity contribution < 1.29 is 8.78 Å². The van der Waals surface area contributed by atoms with Crippen LogP contribution in [0, 0.1) is 11.6 Å². The van der Waals surface area contributed by atoms with Crippen molar-refractivity contribution in [1.82, 2.24) is 9.97 Å². The van der Waals surface area contributed by atoms with Gasteiger partial charge >= 0.3 is 0 Å². The fourth-order valence-corrected chi connectivity index (χ4v) is 2.60. The maximum atomic E-state index is 13.7. The molecule has 0 unspecified atom stereocenters. The maximum absolute atomic E-state index is 13.7. The van der Waals surface area contributed by atoms with E-state index in [4.69, 9.17) is 0 Å². The van der Waals surface area contributed by atoms with Crippen molar-refractivity contribution in [2.75, 3.05) is 5.32 Å². The fourth-order valence-electron chi connectivity index (χ4n) is 2.05. The van der Waals surface area contributed by atoms with Gasteiger partial charge in [0.05, 0.1) is 5.69 Å². The summed E-state index contributed by atoms with van der Waals surface area (Å²) in [5.74, 6) is -1.24. The molecule has 0 radical (unpaired) electrons. The summed E-state index contributed by atoms with van der Waals surface area (Å²) < 4.78 is 27.1. The van der Waals surface area contributed by atoms with Crippen LogP contribution in [-0.2, 0) is 6.54 Å². The number of aromatic nitrogens is 2. The molecule has 1 aromatic carbocycles. The molecule has 0 spiro atoms. The lowest BCUT2D eigenvalue weighted by atomic mass is 10.2. The highest BCUT2D eigenvalue weighted by Crippen LogP contribution is 2.28. The summed E-state index contributed by atoms with van der Waals surface area (Å²) in [6.07, 6.45) is 3.52. The normalized spacial score (nSPS) is 10.9. The molecule has 6 heteroatoms. The van der Waals surface area contributed by atoms with E-state index in [0.717, 1.165) is 22.7 Å². The first-order valence-electron chi connectivity index (χ1n) is 5.94. The average molecular weight is 338 g/mol. The highest BCUT2D eigenvalue weighted by molar-refractivity contribution is 9.10. The second-order valence-electron chi connectivity index (χ2n) is 4.31. The molecule has 2 N–H and O–H groups in total. The Kier molecular flexibility index (Phi) is 3.40. The molecule has 3 nitrogen and oxygen atoms in total. The van der Waals surface area contributed by atoms with E-state index in [0.29, 0.717) is 11.0 Å². The Morgan fingerprint density at radius 3 is 2.95 bits per heavy atom. The molecule has 0 fully saturated rings. The van der Waals surface area contributed by atoms with Gasteiger partial charge in [-0.1, -0.05) is 0 Å². The SMILES string of the molecule is Fc1cc(F)c(NCc2c[nH]c3ncccc23)c(Br)c1. The minimum Gasteiger partial charge on any atom is -0.378 e. The highest BCUT2D eigenvalue weighted by atomic mass is 79.9. The summed E-state index contributed by atoms with van der Waals surface area (Å²) in [7, 11) is 0. The minimum atomic E-state index is -0.630. The van der Waals surface area contributed by atoms with Crippen molar-refractivity contribution in [3.05, 3.63) is 58.3 Å². The number of aromatic amines is 1. The predicted molar refractivity (Wildman–Crippen MR) is 77.5 cm³/mol. The smallest absolute Gasteiger partial charge is 0.150 e. The van der Waals surface area contributed by atoms with Crippen molar-refractivity contribution in [3.63, 3.8) is 0 Å². The molecule has 102 valence electrons. The van der Waals surface area contributed by atoms with E-state index < -0.39 is 11.6 Å². The Balaban J connectivity index is 1.87. The number of nitrogens with one attached hydrogen (secondary N) is 2. The van der Waals surface area contributed by atoms with Crippen LogP contribution in [0.1, 0.15) is 5.56 Å². The lowest BCUT2D eigenvalue weighted by Crippen LogP contribution is -2.02. The van der Waals surface area contributed by atoms with Gasteiger partial charge < -0.3 is 10.3 Å². The Labute approximate surface area is 122 Å². The fraction of sp³-hybridized carbons (Fsp3) is 0.0714. The number of hydrogen-bond acceptors (Lipinski definition) is 2. The average Bonchev–Trinajstić information content (AvgIpc) is 2.81. The van der Waals surface area contributed by atoms with Gasteiger partial charge in [-0.05, 0) is 39.7 Å². The zero-order valence-corrected chi connectivity index (χ0v) is 11.8. The third-order valence-corrected chi connectivity index (χ3v) is 3.62. The zero-order chi connectivity index (χ0) is 14.1. The maximum Gasteiger partial charge on any atom is 0.150 e. The van der Waals surface area contributed by atoms with Gasteiger partial charge in [0.2, 0.25) is 0 Å². The van der Waals surface area contributed by atoms with Crippen molar-refractivity contribution >= 4 is 32.7 Å². The van der Waals surface area contributed by atoms with E-state index in [2.05, 4.69) is 31.2 Å². The van der Waals surface area contributed by atoms with E-state index in [1.165, 1.54) is 6.07 Å². The van der Waals surface area contributed by atoms with Gasteiger partial charge in [-0.15, -0.1) is 0 Å². The van der Waals surface area contributed by atoms with E-state index >= 15 is 0 Å². The van der Waals surface area contributed by atoms with Crippen molar-refractivity contribution in [2.24, 2.45) is 0 Å². The number of rotatable bonds is 3. The molecule has 0 aliphatic carbocycles. The van der Waals surface area contributed by atoms with E-state index in [-0.39, 0.29) is 5.69 Å². The van der Waals surface area contributed by atoms with Crippen LogP contribution in [-0.4, -0.2) is 9.97 Å². The van der Waals surface area contributed by atoms with Gasteiger partial charge in [-0.25, -0.2) is 13.8 Å². The summed E-state index contributed by atoms with van der Waals surface area (Å²) in [4.78, 5) is 7.23. The van der Waals surface area contributed by atoms with Crippen LogP contribution in [0.5, 0.6) is 0 Å². The number of halogens is 3. The van der Waals surface area contributed by atoms with Crippen molar-refractivity contribution in [2.45, 2.75) is 6.54 Å². The van der Waals surface area contributed by atoms with Gasteiger partial charge in [-0.2, -0.15) is 0 Å². The first-order chi connectivity index (χ1) is 9.65. The first-order valence-corrected chi connectivity index (χ1v) is 6.74. The third kappa shape index (κ3) is 2.38. The second-order valence-corrected chi connectivity index (χ2v) is 5.17. The number of hydrogen-bond donors (Lipinski definition) is 2. The second kappa shape index (κ2) is 5.20. The number of nitrogens with zero attached hydrogens (tertiary/aromatic N) is 1. The van der Waals surface area contributed by atoms with E-state index in [9.17, 15) is 8.78 Å². The number of fused-ring (bicyclic) bond motifs is 1. The molecular formula is C14H10BrF2N3. The summed E-state index contributed by atoms with van der Waals surface area (Å²) in [5.41, 5.74) is 1.98. The molecule has 3 rings (SSSR count). The minimum absolute atomic E-state index is 0.240. The molecule has 0 atom stereocenters. The molecule has 0 aliphatic heterocycles. The summed E-state index contributed by atoms with van der Waals surface area (Å²) in [5, 5.41) is 3.94. The number of anilines is 1. The number of benzene rings is 1. The molecule has 0 aliphatic rings. The van der Waals surface area contributed by atoms with Gasteiger partial charge in [0.25, 0.3) is 0 Å². The Bertz CT molecular complexity index is 747. The Hall–Kier alpha value is -1.95. The molecule has 20 heavy (non-hydrogen) atoms. The quantitative estimate of drug-likeness (QED) is 0.751. The lowest BCUT2D eigenvalue weighted by Gasteiger charge is -2.09. The van der Waals surface area contributed by atoms with Crippen LogP contribution in [0.15, 0.2) is 41.1 Å². The molecular weight excluding hydrogens is 328 g/mol. The molecule has 2 heterocycles. The topological polar surface area (TPSA) is 40.7 Å². The lowest BCUT2D eigenvalue weighted by molar-refractivity contribution is 0.583.